The first-order valence-corrected chi connectivity index (χ1v) is 23.1. The fourth-order valence-electron chi connectivity index (χ4n) is 6.67. The summed E-state index contributed by atoms with van der Waals surface area (Å²) >= 11 is 0. The van der Waals surface area contributed by atoms with Crippen LogP contribution in [0.2, 0.25) is 0 Å². The van der Waals surface area contributed by atoms with Crippen LogP contribution in [0.15, 0.2) is 0 Å². The zero-order valence-corrected chi connectivity index (χ0v) is 34.1. The Bertz CT molecular complexity index is 759. The van der Waals surface area contributed by atoms with Crippen LogP contribution in [0.3, 0.4) is 0 Å². The van der Waals surface area contributed by atoms with Gasteiger partial charge in [-0.15, -0.1) is 0 Å². The lowest BCUT2D eigenvalue weighted by molar-refractivity contribution is -0.123. The molecular weight excluding hydrogens is 647 g/mol. The van der Waals surface area contributed by atoms with Gasteiger partial charge < -0.3 is 21.1 Å². The van der Waals surface area contributed by atoms with E-state index in [1.807, 2.05) is 0 Å². The fourth-order valence-corrected chi connectivity index (χ4v) is 7.43. The Kier molecular flexibility index (Phi) is 37.8. The van der Waals surface area contributed by atoms with Crippen molar-refractivity contribution in [1.29, 1.82) is 0 Å². The summed E-state index contributed by atoms with van der Waals surface area (Å²) < 4.78 is 22.1. The van der Waals surface area contributed by atoms with E-state index in [1.165, 1.54) is 161 Å². The summed E-state index contributed by atoms with van der Waals surface area (Å²) in [4.78, 5) is 22.7. The summed E-state index contributed by atoms with van der Waals surface area (Å²) in [6.07, 6.45) is 39.8. The first-order valence-electron chi connectivity index (χ1n) is 21.7. The van der Waals surface area contributed by atoms with E-state index >= 15 is 0 Å². The topological polar surface area (TPSA) is 131 Å². The van der Waals surface area contributed by atoms with Gasteiger partial charge >= 0.3 is 7.82 Å². The van der Waals surface area contributed by atoms with Gasteiger partial charge in [0.15, 0.2) is 0 Å². The van der Waals surface area contributed by atoms with Crippen molar-refractivity contribution in [2.24, 2.45) is 5.73 Å². The van der Waals surface area contributed by atoms with Gasteiger partial charge in [0, 0.05) is 13.0 Å². The molecule has 0 saturated carbocycles. The van der Waals surface area contributed by atoms with Crippen LogP contribution in [0.25, 0.3) is 0 Å². The largest absolute Gasteiger partial charge is 0.472 e. The lowest BCUT2D eigenvalue weighted by atomic mass is 10.0. The number of hydrogen-bond acceptors (Lipinski definition) is 6. The van der Waals surface area contributed by atoms with Crippen LogP contribution in [-0.2, 0) is 18.4 Å². The van der Waals surface area contributed by atoms with Gasteiger partial charge in [-0.1, -0.05) is 206 Å². The molecule has 5 N–H and O–H groups in total. The molecule has 0 aliphatic rings. The van der Waals surface area contributed by atoms with Crippen LogP contribution in [0, 0.1) is 0 Å². The van der Waals surface area contributed by atoms with E-state index in [-0.39, 0.29) is 25.7 Å². The Balaban J connectivity index is 4.00. The minimum Gasteiger partial charge on any atom is -0.391 e. The standard InChI is InChI=1S/C41H85N2O6P/c1-3-5-7-9-11-13-15-16-17-18-19-20-21-22-23-24-25-27-29-31-33-35-41(45)43-39(38-49-50(46,47)48-37-36-42)40(44)34-32-30-28-26-14-12-10-8-6-4-2/h39-40,44H,3-38,42H2,1-2H3,(H,43,45)(H,46,47)/t39-,40+/m0/s1. The average molecular weight is 733 g/mol. The van der Waals surface area contributed by atoms with Crippen molar-refractivity contribution in [3.63, 3.8) is 0 Å². The van der Waals surface area contributed by atoms with Crippen LogP contribution < -0.4 is 11.1 Å². The molecule has 0 bridgehead atoms. The van der Waals surface area contributed by atoms with Crippen LogP contribution in [0.4, 0.5) is 0 Å². The van der Waals surface area contributed by atoms with Gasteiger partial charge in [0.05, 0.1) is 25.4 Å². The molecular formula is C41H85N2O6P. The molecule has 0 aliphatic heterocycles. The molecule has 50 heavy (non-hydrogen) atoms. The number of carbonyl (C=O) groups excluding carboxylic acids is 1. The summed E-state index contributed by atoms with van der Waals surface area (Å²) in [5, 5.41) is 13.7. The quantitative estimate of drug-likeness (QED) is 0.0363. The van der Waals surface area contributed by atoms with Crippen molar-refractivity contribution in [1.82, 2.24) is 5.32 Å². The van der Waals surface area contributed by atoms with Gasteiger partial charge in [-0.25, -0.2) is 4.57 Å². The smallest absolute Gasteiger partial charge is 0.391 e. The molecule has 0 aromatic heterocycles. The molecule has 0 spiro atoms. The molecule has 0 fully saturated rings. The number of nitrogens with one attached hydrogen (secondary N) is 1. The molecule has 1 amide bonds. The normalized spacial score (nSPS) is 14.1. The van der Waals surface area contributed by atoms with E-state index in [0.717, 1.165) is 38.5 Å². The first kappa shape index (κ1) is 49.5. The number of hydrogen-bond donors (Lipinski definition) is 4. The SMILES string of the molecule is CCCCCCCCCCCCCCCCCCCCCCCC(=O)N[C@@H](COP(=O)(O)OCCN)[C@H](O)CCCCCCCCCCCC. The van der Waals surface area contributed by atoms with Crippen LogP contribution in [0.1, 0.15) is 226 Å². The van der Waals surface area contributed by atoms with Crippen molar-refractivity contribution in [3.05, 3.63) is 0 Å². The Hall–Kier alpha value is -0.500. The van der Waals surface area contributed by atoms with E-state index in [2.05, 4.69) is 19.2 Å². The number of unbranched alkanes of at least 4 members (excludes halogenated alkanes) is 29. The third-order valence-electron chi connectivity index (χ3n) is 9.96. The minimum atomic E-state index is -4.30. The van der Waals surface area contributed by atoms with Crippen molar-refractivity contribution in [3.8, 4) is 0 Å². The highest BCUT2D eigenvalue weighted by molar-refractivity contribution is 7.47. The number of rotatable bonds is 41. The summed E-state index contributed by atoms with van der Waals surface area (Å²) in [6, 6.07) is -0.766. The molecule has 0 heterocycles. The summed E-state index contributed by atoms with van der Waals surface area (Å²) in [5.41, 5.74) is 5.37. The maximum atomic E-state index is 12.7. The molecule has 0 aromatic carbocycles. The second-order valence-corrected chi connectivity index (χ2v) is 16.4. The number of nitrogens with two attached hydrogens (primary N) is 1. The molecule has 9 heteroatoms. The predicted molar refractivity (Wildman–Crippen MR) is 212 cm³/mol. The van der Waals surface area contributed by atoms with Gasteiger partial charge in [0.2, 0.25) is 5.91 Å². The predicted octanol–water partition coefficient (Wildman–Crippen LogP) is 11.8. The summed E-state index contributed by atoms with van der Waals surface area (Å²) in [7, 11) is -4.30. The molecule has 1 unspecified atom stereocenters. The Morgan fingerprint density at radius 2 is 0.920 bits per heavy atom. The molecule has 300 valence electrons. The summed E-state index contributed by atoms with van der Waals surface area (Å²) in [6.45, 7) is 4.21. The van der Waals surface area contributed by atoms with Gasteiger partial charge in [-0.2, -0.15) is 0 Å². The summed E-state index contributed by atoms with van der Waals surface area (Å²) in [5.74, 6) is -0.158. The van der Waals surface area contributed by atoms with Gasteiger partial charge in [0.1, 0.15) is 0 Å². The van der Waals surface area contributed by atoms with Crippen LogP contribution in [-0.4, -0.2) is 47.8 Å². The van der Waals surface area contributed by atoms with E-state index in [9.17, 15) is 19.4 Å². The third kappa shape index (κ3) is 35.9. The monoisotopic (exact) mass is 733 g/mol. The van der Waals surface area contributed by atoms with Crippen molar-refractivity contribution in [2.75, 3.05) is 19.8 Å². The molecule has 0 radical (unpaired) electrons. The third-order valence-corrected chi connectivity index (χ3v) is 10.9. The minimum absolute atomic E-state index is 0.0922. The first-order chi connectivity index (χ1) is 24.4. The molecule has 8 nitrogen and oxygen atoms in total. The number of aliphatic hydroxyl groups excluding tert-OH is 1. The molecule has 0 aromatic rings. The molecule has 0 saturated heterocycles. The Morgan fingerprint density at radius 3 is 1.28 bits per heavy atom. The lowest BCUT2D eigenvalue weighted by Crippen LogP contribution is -2.46. The number of amides is 1. The fraction of sp³-hybridized carbons (Fsp3) is 0.976. The molecule has 0 rings (SSSR count). The van der Waals surface area contributed by atoms with Gasteiger partial charge in [-0.3, -0.25) is 13.8 Å². The number of carbonyl (C=O) groups is 1. The maximum Gasteiger partial charge on any atom is 0.472 e. The number of phosphoric ester groups is 1. The highest BCUT2D eigenvalue weighted by Gasteiger charge is 2.27. The lowest BCUT2D eigenvalue weighted by Gasteiger charge is -2.25. The van der Waals surface area contributed by atoms with Crippen LogP contribution in [0.5, 0.6) is 0 Å². The highest BCUT2D eigenvalue weighted by atomic mass is 31.2. The molecule has 0 aliphatic carbocycles. The number of phosphoric acid groups is 1. The zero-order valence-electron chi connectivity index (χ0n) is 33.2. The Labute approximate surface area is 310 Å². The van der Waals surface area contributed by atoms with E-state index in [1.54, 1.807) is 0 Å². The highest BCUT2D eigenvalue weighted by Crippen LogP contribution is 2.43. The van der Waals surface area contributed by atoms with Gasteiger partial charge in [-0.05, 0) is 12.8 Å². The average Bonchev–Trinajstić information content (AvgIpc) is 3.10. The zero-order chi connectivity index (χ0) is 36.8. The second-order valence-electron chi connectivity index (χ2n) is 14.9. The van der Waals surface area contributed by atoms with Crippen LogP contribution >= 0.6 is 7.82 Å². The van der Waals surface area contributed by atoms with Crippen molar-refractivity contribution >= 4 is 13.7 Å². The van der Waals surface area contributed by atoms with E-state index < -0.39 is 20.0 Å². The maximum absolute atomic E-state index is 12.7. The van der Waals surface area contributed by atoms with Gasteiger partial charge in [0.25, 0.3) is 0 Å². The number of aliphatic hydroxyl groups is 1. The molecule has 3 atom stereocenters. The van der Waals surface area contributed by atoms with Crippen molar-refractivity contribution in [2.45, 2.75) is 238 Å². The van der Waals surface area contributed by atoms with Crippen molar-refractivity contribution < 1.29 is 28.4 Å². The second kappa shape index (κ2) is 38.2. The van der Waals surface area contributed by atoms with E-state index in [0.29, 0.717) is 12.8 Å². The Morgan fingerprint density at radius 1 is 0.580 bits per heavy atom. The van der Waals surface area contributed by atoms with E-state index in [4.69, 9.17) is 14.8 Å².